The first-order valence-corrected chi connectivity index (χ1v) is 7.72. The van der Waals surface area contributed by atoms with Gasteiger partial charge in [-0.1, -0.05) is 13.8 Å². The average Bonchev–Trinajstić information content (AvgIpc) is 2.66. The van der Waals surface area contributed by atoms with Gasteiger partial charge in [0.15, 0.2) is 0 Å². The number of carbonyl (C=O) groups excluding carboxylic acids is 1. The van der Waals surface area contributed by atoms with Crippen LogP contribution in [0.25, 0.3) is 0 Å². The molecule has 1 unspecified atom stereocenters. The lowest BCUT2D eigenvalue weighted by Crippen LogP contribution is -2.34. The van der Waals surface area contributed by atoms with E-state index in [1.165, 1.54) is 5.56 Å². The van der Waals surface area contributed by atoms with Crippen LogP contribution in [0.1, 0.15) is 43.6 Å². The Morgan fingerprint density at radius 1 is 1.38 bits per heavy atom. The lowest BCUT2D eigenvalue weighted by Gasteiger charge is -2.21. The molecule has 1 aromatic heterocycles. The molecule has 0 fully saturated rings. The Kier molecular flexibility index (Phi) is 6.40. The van der Waals surface area contributed by atoms with Gasteiger partial charge in [0.25, 0.3) is 0 Å². The molecule has 0 aliphatic heterocycles. The Morgan fingerprint density at radius 2 is 2.00 bits per heavy atom. The Labute approximate surface area is 128 Å². The smallest absolute Gasteiger partial charge is 0.222 e. The number of carbonyl (C=O) groups is 1. The van der Waals surface area contributed by atoms with Crippen molar-refractivity contribution in [3.8, 4) is 0 Å². The van der Waals surface area contributed by atoms with Crippen LogP contribution in [0.2, 0.25) is 0 Å². The van der Waals surface area contributed by atoms with Crippen molar-refractivity contribution in [3.63, 3.8) is 0 Å². The largest absolute Gasteiger partial charge is 0.346 e. The maximum absolute atomic E-state index is 12.2. The molecule has 0 bridgehead atoms. The monoisotopic (exact) mass is 294 g/mol. The van der Waals surface area contributed by atoms with Crippen LogP contribution in [-0.4, -0.2) is 40.2 Å². The second-order valence-electron chi connectivity index (χ2n) is 6.28. The van der Waals surface area contributed by atoms with E-state index in [2.05, 4.69) is 18.9 Å². The van der Waals surface area contributed by atoms with Crippen LogP contribution in [0.4, 0.5) is 0 Å². The number of hydrogen-bond acceptors (Lipinski definition) is 3. The Bertz CT molecular complexity index is 479. The number of aryl methyl sites for hydroxylation is 2. The molecule has 0 radical (unpaired) electrons. The fraction of sp³-hybridized carbons (Fsp3) is 0.750. The minimum atomic E-state index is 0.156. The molecule has 1 heterocycles. The molecule has 21 heavy (non-hydrogen) atoms. The molecule has 0 aliphatic carbocycles. The van der Waals surface area contributed by atoms with Crippen LogP contribution >= 0.6 is 0 Å². The van der Waals surface area contributed by atoms with Crippen LogP contribution < -0.4 is 5.73 Å². The Hall–Kier alpha value is -1.36. The summed E-state index contributed by atoms with van der Waals surface area (Å²) < 4.78 is 1.88. The Balaban J connectivity index is 2.46. The van der Waals surface area contributed by atoms with Crippen LogP contribution in [0.5, 0.6) is 0 Å². The van der Waals surface area contributed by atoms with E-state index in [0.29, 0.717) is 12.3 Å². The third-order valence-corrected chi connectivity index (χ3v) is 4.33. The van der Waals surface area contributed by atoms with E-state index in [1.807, 2.05) is 32.6 Å². The summed E-state index contributed by atoms with van der Waals surface area (Å²) in [5.74, 6) is 0.628. The summed E-state index contributed by atoms with van der Waals surface area (Å²) in [5, 5.41) is 4.39. The van der Waals surface area contributed by atoms with Gasteiger partial charge in [-0.25, -0.2) is 0 Å². The molecular weight excluding hydrogens is 264 g/mol. The van der Waals surface area contributed by atoms with Crippen molar-refractivity contribution in [3.05, 3.63) is 17.0 Å². The van der Waals surface area contributed by atoms with Crippen LogP contribution in [0.15, 0.2) is 0 Å². The topological polar surface area (TPSA) is 64.2 Å². The van der Waals surface area contributed by atoms with Gasteiger partial charge >= 0.3 is 0 Å². The van der Waals surface area contributed by atoms with Crippen LogP contribution in [-0.2, 0) is 18.3 Å². The minimum absolute atomic E-state index is 0.156. The summed E-state index contributed by atoms with van der Waals surface area (Å²) in [5.41, 5.74) is 9.38. The Morgan fingerprint density at radius 3 is 2.48 bits per heavy atom. The molecule has 1 amide bonds. The normalized spacial score (nSPS) is 12.8. The van der Waals surface area contributed by atoms with Gasteiger partial charge in [-0.2, -0.15) is 5.10 Å². The summed E-state index contributed by atoms with van der Waals surface area (Å²) >= 11 is 0. The summed E-state index contributed by atoms with van der Waals surface area (Å²) in [7, 11) is 3.80. The summed E-state index contributed by atoms with van der Waals surface area (Å²) in [6.07, 6.45) is 2.14. The quantitative estimate of drug-likeness (QED) is 0.834. The number of rotatable bonds is 7. The molecule has 1 atom stereocenters. The van der Waals surface area contributed by atoms with Gasteiger partial charge in [-0.3, -0.25) is 9.48 Å². The van der Waals surface area contributed by atoms with Gasteiger partial charge in [0.1, 0.15) is 0 Å². The molecule has 5 nitrogen and oxygen atoms in total. The van der Waals surface area contributed by atoms with Gasteiger partial charge < -0.3 is 10.6 Å². The van der Waals surface area contributed by atoms with Crippen molar-refractivity contribution in [2.24, 2.45) is 18.7 Å². The van der Waals surface area contributed by atoms with Gasteiger partial charge in [0.05, 0.1) is 5.69 Å². The summed E-state index contributed by atoms with van der Waals surface area (Å²) in [6, 6.07) is 0.156. The molecule has 2 N–H and O–H groups in total. The third kappa shape index (κ3) is 4.84. The van der Waals surface area contributed by atoms with Crippen LogP contribution in [0, 0.1) is 19.8 Å². The van der Waals surface area contributed by atoms with E-state index >= 15 is 0 Å². The lowest BCUT2D eigenvalue weighted by molar-refractivity contribution is -0.129. The first-order valence-electron chi connectivity index (χ1n) is 7.72. The van der Waals surface area contributed by atoms with Crippen molar-refractivity contribution in [1.29, 1.82) is 0 Å². The van der Waals surface area contributed by atoms with E-state index in [1.54, 1.807) is 4.90 Å². The summed E-state index contributed by atoms with van der Waals surface area (Å²) in [6.45, 7) is 8.99. The van der Waals surface area contributed by atoms with Crippen LogP contribution in [0.3, 0.4) is 0 Å². The summed E-state index contributed by atoms with van der Waals surface area (Å²) in [4.78, 5) is 14.0. The van der Waals surface area contributed by atoms with E-state index in [9.17, 15) is 4.79 Å². The first kappa shape index (κ1) is 17.7. The third-order valence-electron chi connectivity index (χ3n) is 4.33. The highest BCUT2D eigenvalue weighted by Gasteiger charge is 2.15. The average molecular weight is 294 g/mol. The molecule has 0 aromatic carbocycles. The highest BCUT2D eigenvalue weighted by molar-refractivity contribution is 5.76. The number of nitrogens with zero attached hydrogens (tertiary/aromatic N) is 3. The maximum Gasteiger partial charge on any atom is 0.222 e. The molecule has 0 saturated carbocycles. The number of aromatic nitrogens is 2. The SMILES string of the molecule is Cc1nn(C)c(C)c1CCC(=O)N(C)CCC(N)C(C)C. The number of nitrogens with two attached hydrogens (primary N) is 1. The molecular formula is C16H30N4O. The van der Waals surface area contributed by atoms with Gasteiger partial charge in [0.2, 0.25) is 5.91 Å². The predicted octanol–water partition coefficient (Wildman–Crippen LogP) is 1.80. The van der Waals surface area contributed by atoms with Gasteiger partial charge in [-0.05, 0) is 38.2 Å². The second-order valence-corrected chi connectivity index (χ2v) is 6.28. The number of amides is 1. The molecule has 0 aliphatic rings. The van der Waals surface area contributed by atoms with Crippen molar-refractivity contribution in [2.75, 3.05) is 13.6 Å². The number of hydrogen-bond donors (Lipinski definition) is 1. The zero-order valence-electron chi connectivity index (χ0n) is 14.3. The lowest BCUT2D eigenvalue weighted by atomic mass is 10.0. The maximum atomic E-state index is 12.2. The molecule has 0 saturated heterocycles. The molecule has 0 spiro atoms. The second kappa shape index (κ2) is 7.59. The standard InChI is InChI=1S/C16H30N4O/c1-11(2)15(17)9-10-19(5)16(21)8-7-14-12(3)18-20(6)13(14)4/h11,15H,7-10,17H2,1-6H3. The van der Waals surface area contributed by atoms with E-state index in [4.69, 9.17) is 5.73 Å². The fourth-order valence-electron chi connectivity index (χ4n) is 2.40. The highest BCUT2D eigenvalue weighted by atomic mass is 16.2. The molecule has 1 aromatic rings. The predicted molar refractivity (Wildman–Crippen MR) is 86.1 cm³/mol. The fourth-order valence-corrected chi connectivity index (χ4v) is 2.40. The van der Waals surface area contributed by atoms with Crippen molar-refractivity contribution < 1.29 is 4.79 Å². The zero-order valence-corrected chi connectivity index (χ0v) is 14.3. The zero-order chi connectivity index (χ0) is 16.2. The van der Waals surface area contributed by atoms with E-state index < -0.39 is 0 Å². The molecule has 1 rings (SSSR count). The van der Waals surface area contributed by atoms with Gasteiger partial charge in [0, 0.05) is 38.8 Å². The van der Waals surface area contributed by atoms with E-state index in [0.717, 1.165) is 30.8 Å². The van der Waals surface area contributed by atoms with E-state index in [-0.39, 0.29) is 11.9 Å². The highest BCUT2D eigenvalue weighted by Crippen LogP contribution is 2.14. The van der Waals surface area contributed by atoms with Gasteiger partial charge in [-0.15, -0.1) is 0 Å². The van der Waals surface area contributed by atoms with Crippen molar-refractivity contribution >= 4 is 5.91 Å². The molecule has 120 valence electrons. The van der Waals surface area contributed by atoms with Crippen molar-refractivity contribution in [1.82, 2.24) is 14.7 Å². The molecule has 5 heteroatoms. The first-order chi connectivity index (χ1) is 9.73. The minimum Gasteiger partial charge on any atom is -0.346 e. The van der Waals surface area contributed by atoms with Crippen molar-refractivity contribution in [2.45, 2.75) is 53.0 Å².